The SMILES string of the molecule is CCC(=O)N[B]NC(=O)CC.CCCc1cc2c(-c3ccccc3CCC)cccc2[cH-]1.CCCc1cc2c(-c3ccccc3CCC)cccc2[cH-]1.[Cl][Zr+2][Cl]. The molecule has 0 heterocycles. The van der Waals surface area contributed by atoms with E-state index in [0.717, 1.165) is 12.8 Å². The summed E-state index contributed by atoms with van der Waals surface area (Å²) in [4.78, 5) is 21.2. The molecule has 0 unspecified atom stereocenters. The summed E-state index contributed by atoms with van der Waals surface area (Å²) in [6, 6.07) is 40.6. The normalized spacial score (nSPS) is 10.2. The van der Waals surface area contributed by atoms with Gasteiger partial charge in [-0.15, -0.1) is 69.1 Å². The van der Waals surface area contributed by atoms with E-state index in [1.54, 1.807) is 13.8 Å². The number of carbonyl (C=O) groups is 2. The number of rotatable bonds is 14. The van der Waals surface area contributed by atoms with Gasteiger partial charge in [0.05, 0.1) is 0 Å². The molecule has 293 valence electrons. The number of benzene rings is 4. The second-order valence-electron chi connectivity index (χ2n) is 13.7. The van der Waals surface area contributed by atoms with Crippen molar-refractivity contribution in [2.24, 2.45) is 0 Å². The Morgan fingerprint density at radius 1 is 0.536 bits per heavy atom. The summed E-state index contributed by atoms with van der Waals surface area (Å²) in [7, 11) is 11.1. The fourth-order valence-corrected chi connectivity index (χ4v) is 6.87. The molecule has 6 rings (SSSR count). The van der Waals surface area contributed by atoms with E-state index in [9.17, 15) is 9.59 Å². The minimum absolute atomic E-state index is 0.110. The second-order valence-corrected chi connectivity index (χ2v) is 17.4. The zero-order valence-electron chi connectivity index (χ0n) is 34.1. The van der Waals surface area contributed by atoms with Crippen molar-refractivity contribution in [3.8, 4) is 22.3 Å². The van der Waals surface area contributed by atoms with Gasteiger partial charge in [-0.25, -0.2) is 0 Å². The van der Waals surface area contributed by atoms with Gasteiger partial charge in [-0.05, 0) is 47.9 Å². The monoisotopic (exact) mass is 865 g/mol. The van der Waals surface area contributed by atoms with E-state index in [2.05, 4.69) is 147 Å². The molecule has 2 N–H and O–H groups in total. The Bertz CT molecular complexity index is 1930. The summed E-state index contributed by atoms with van der Waals surface area (Å²) in [5.41, 5.74) is 11.4. The molecule has 0 aliphatic rings. The van der Waals surface area contributed by atoms with E-state index in [0.29, 0.717) is 12.8 Å². The van der Waals surface area contributed by atoms with Crippen molar-refractivity contribution in [1.82, 2.24) is 10.5 Å². The average molecular weight is 868 g/mol. The van der Waals surface area contributed by atoms with Gasteiger partial charge >= 0.3 is 45.4 Å². The first-order valence-corrected chi connectivity index (χ1v) is 26.5. The second kappa shape index (κ2) is 26.5. The predicted molar refractivity (Wildman–Crippen MR) is 240 cm³/mol. The minimum atomic E-state index is -0.826. The first-order chi connectivity index (χ1) is 27.3. The maximum absolute atomic E-state index is 10.6. The molecular formula is C48H58BCl2N2O2Zr. The van der Waals surface area contributed by atoms with Crippen LogP contribution in [0.4, 0.5) is 0 Å². The van der Waals surface area contributed by atoms with Crippen molar-refractivity contribution < 1.29 is 30.4 Å². The van der Waals surface area contributed by atoms with Crippen LogP contribution in [0.1, 0.15) is 102 Å². The number of fused-ring (bicyclic) bond motifs is 2. The number of halogens is 2. The Balaban J connectivity index is 0.000000228. The molecule has 1 radical (unpaired) electrons. The van der Waals surface area contributed by atoms with Crippen LogP contribution in [-0.4, -0.2) is 19.4 Å². The number of carbonyl (C=O) groups excluding carboxylic acids is 2. The Morgan fingerprint density at radius 3 is 1.25 bits per heavy atom. The van der Waals surface area contributed by atoms with Crippen LogP contribution in [-0.2, 0) is 56.1 Å². The third kappa shape index (κ3) is 14.5. The molecule has 56 heavy (non-hydrogen) atoms. The van der Waals surface area contributed by atoms with Crippen molar-refractivity contribution in [1.29, 1.82) is 0 Å². The van der Waals surface area contributed by atoms with Crippen LogP contribution in [0.3, 0.4) is 0 Å². The van der Waals surface area contributed by atoms with Crippen LogP contribution in [0, 0.1) is 0 Å². The number of nitrogens with one attached hydrogen (secondary N) is 2. The molecule has 2 amide bonds. The van der Waals surface area contributed by atoms with E-state index in [4.69, 9.17) is 17.0 Å². The summed E-state index contributed by atoms with van der Waals surface area (Å²) >= 11 is -0.826. The van der Waals surface area contributed by atoms with Gasteiger partial charge in [0.2, 0.25) is 11.8 Å². The van der Waals surface area contributed by atoms with Crippen molar-refractivity contribution >= 4 is 57.9 Å². The van der Waals surface area contributed by atoms with Crippen molar-refractivity contribution in [3.63, 3.8) is 0 Å². The fourth-order valence-electron chi connectivity index (χ4n) is 6.87. The Hall–Kier alpha value is -3.43. The van der Waals surface area contributed by atoms with E-state index < -0.39 is 20.8 Å². The molecule has 6 aromatic rings. The van der Waals surface area contributed by atoms with Gasteiger partial charge in [0, 0.05) is 12.8 Å². The number of amides is 2. The van der Waals surface area contributed by atoms with Crippen LogP contribution in [0.2, 0.25) is 0 Å². The Labute approximate surface area is 355 Å². The van der Waals surface area contributed by atoms with Gasteiger partial charge in [0.25, 0.3) is 0 Å². The van der Waals surface area contributed by atoms with Gasteiger partial charge in [0.15, 0.2) is 0 Å². The third-order valence-corrected chi connectivity index (χ3v) is 9.46. The molecule has 0 aliphatic heterocycles. The van der Waals surface area contributed by atoms with E-state index in [1.165, 1.54) is 112 Å². The van der Waals surface area contributed by atoms with Crippen molar-refractivity contribution in [2.75, 3.05) is 0 Å². The van der Waals surface area contributed by atoms with Gasteiger partial charge in [-0.2, -0.15) is 12.1 Å². The van der Waals surface area contributed by atoms with Crippen LogP contribution in [0.25, 0.3) is 43.8 Å². The molecule has 6 aromatic carbocycles. The van der Waals surface area contributed by atoms with Gasteiger partial charge < -0.3 is 10.5 Å². The average Bonchev–Trinajstić information content (AvgIpc) is 3.83. The molecule has 0 saturated heterocycles. The standard InChI is InChI=1S/2C21H23.C6H12BN2O2.2ClH.Zr/c2*1-3-8-16-14-18-11-7-13-20(21(18)15-16)19-12-6-5-10-17(19)9-4-2;1-3-5(10)8-7-9-6(11)4-2;;;/h2*5-7,10-15H,3-4,8-9H2,1-2H3;3-4H2,1-2H3,(H,8,10)(H,9,11);2*1H;/q2*-1;;;;+4/p-2. The summed E-state index contributed by atoms with van der Waals surface area (Å²) in [6.07, 6.45) is 10.3. The first-order valence-electron chi connectivity index (χ1n) is 20.2. The summed E-state index contributed by atoms with van der Waals surface area (Å²) in [5.74, 6) is -0.220. The van der Waals surface area contributed by atoms with Gasteiger partial charge in [0.1, 0.15) is 0 Å². The first kappa shape index (κ1) is 46.9. The Morgan fingerprint density at radius 2 is 0.893 bits per heavy atom. The summed E-state index contributed by atoms with van der Waals surface area (Å²) in [5, 5.41) is 10.4. The maximum atomic E-state index is 10.6. The fraction of sp³-hybridized carbons (Fsp3) is 0.333. The Kier molecular flexibility index (Phi) is 22.2. The number of aryl methyl sites for hydroxylation is 4. The molecule has 0 saturated carbocycles. The molecule has 0 fully saturated rings. The van der Waals surface area contributed by atoms with E-state index >= 15 is 0 Å². The molecule has 0 atom stereocenters. The van der Waals surface area contributed by atoms with Crippen LogP contribution < -0.4 is 10.5 Å². The molecular weight excluding hydrogens is 809 g/mol. The number of hydrogen-bond donors (Lipinski definition) is 2. The quantitative estimate of drug-likeness (QED) is 0.0846. The number of hydrogen-bond acceptors (Lipinski definition) is 2. The zero-order valence-corrected chi connectivity index (χ0v) is 38.1. The molecule has 0 spiro atoms. The molecule has 8 heteroatoms. The van der Waals surface area contributed by atoms with Gasteiger partial charge in [-0.1, -0.05) is 139 Å². The van der Waals surface area contributed by atoms with Crippen LogP contribution >= 0.6 is 17.0 Å². The molecule has 0 aliphatic carbocycles. The summed E-state index contributed by atoms with van der Waals surface area (Å²) < 4.78 is 0. The van der Waals surface area contributed by atoms with E-state index in [-0.39, 0.29) is 11.8 Å². The van der Waals surface area contributed by atoms with Crippen molar-refractivity contribution in [3.05, 3.63) is 131 Å². The molecule has 4 nitrogen and oxygen atoms in total. The van der Waals surface area contributed by atoms with Gasteiger partial charge in [-0.3, -0.25) is 9.59 Å². The van der Waals surface area contributed by atoms with Crippen LogP contribution in [0.5, 0.6) is 0 Å². The van der Waals surface area contributed by atoms with Crippen molar-refractivity contribution in [2.45, 2.75) is 106 Å². The molecule has 0 bridgehead atoms. The van der Waals surface area contributed by atoms with E-state index in [1.807, 2.05) is 0 Å². The van der Waals surface area contributed by atoms with Crippen LogP contribution in [0.15, 0.2) is 109 Å². The summed E-state index contributed by atoms with van der Waals surface area (Å²) in [6.45, 7) is 12.5. The predicted octanol–water partition coefficient (Wildman–Crippen LogP) is 13.2. The zero-order chi connectivity index (χ0) is 40.7. The topological polar surface area (TPSA) is 58.2 Å². The third-order valence-electron chi connectivity index (χ3n) is 9.46. The molecule has 0 aromatic heterocycles.